The van der Waals surface area contributed by atoms with E-state index in [9.17, 15) is 14.4 Å². The highest BCUT2D eigenvalue weighted by atomic mass is 16.6. The van der Waals surface area contributed by atoms with Crippen molar-refractivity contribution in [2.24, 2.45) is 0 Å². The first-order valence-electron chi connectivity index (χ1n) is 32.6. The molecule has 0 fully saturated rings. The third kappa shape index (κ3) is 60.2. The number of hydrogen-bond donors (Lipinski definition) is 0. The third-order valence-corrected chi connectivity index (χ3v) is 14.6. The lowest BCUT2D eigenvalue weighted by atomic mass is 10.0. The summed E-state index contributed by atoms with van der Waals surface area (Å²) in [5.74, 6) is -0.868. The Labute approximate surface area is 460 Å². The van der Waals surface area contributed by atoms with E-state index in [1.165, 1.54) is 231 Å². The molecule has 0 aliphatic rings. The van der Waals surface area contributed by atoms with E-state index in [0.29, 0.717) is 19.3 Å². The molecule has 1 atom stereocenters. The lowest BCUT2D eigenvalue weighted by Gasteiger charge is -2.18. The van der Waals surface area contributed by atoms with Crippen molar-refractivity contribution < 1.29 is 28.6 Å². The van der Waals surface area contributed by atoms with Crippen molar-refractivity contribution in [2.75, 3.05) is 13.2 Å². The van der Waals surface area contributed by atoms with E-state index in [4.69, 9.17) is 14.2 Å². The van der Waals surface area contributed by atoms with E-state index >= 15 is 0 Å². The van der Waals surface area contributed by atoms with Crippen LogP contribution in [0.25, 0.3) is 0 Å². The SMILES string of the molecule is CCCCC/C=C\C/C=C\C/C=C\CCCCCCCCC(=O)OC(COC(=O)CCCCCCCCCCC/C=C\CCCCCCCCCC)COC(=O)CCCCCCCCCCCCCCCCCC. The van der Waals surface area contributed by atoms with Crippen molar-refractivity contribution in [1.29, 1.82) is 0 Å². The zero-order valence-corrected chi connectivity index (χ0v) is 49.6. The fourth-order valence-electron chi connectivity index (χ4n) is 9.62. The maximum Gasteiger partial charge on any atom is 0.306 e. The maximum absolute atomic E-state index is 12.9. The normalized spacial score (nSPS) is 12.3. The molecule has 0 aliphatic carbocycles. The van der Waals surface area contributed by atoms with Gasteiger partial charge < -0.3 is 14.2 Å². The van der Waals surface area contributed by atoms with Crippen molar-refractivity contribution in [3.8, 4) is 0 Å². The van der Waals surface area contributed by atoms with Crippen LogP contribution in [0.2, 0.25) is 0 Å². The molecule has 6 nitrogen and oxygen atoms in total. The van der Waals surface area contributed by atoms with Gasteiger partial charge in [-0.05, 0) is 83.5 Å². The Morgan fingerprint density at radius 2 is 0.486 bits per heavy atom. The monoisotopic (exact) mass is 1040 g/mol. The van der Waals surface area contributed by atoms with Crippen LogP contribution >= 0.6 is 0 Å². The van der Waals surface area contributed by atoms with E-state index < -0.39 is 6.10 Å². The van der Waals surface area contributed by atoms with Crippen LogP contribution in [-0.2, 0) is 28.6 Å². The van der Waals surface area contributed by atoms with Crippen LogP contribution in [0.1, 0.15) is 348 Å². The summed E-state index contributed by atoms with van der Waals surface area (Å²) in [6, 6.07) is 0. The van der Waals surface area contributed by atoms with Gasteiger partial charge in [-0.3, -0.25) is 14.4 Å². The summed E-state index contributed by atoms with van der Waals surface area (Å²) >= 11 is 0. The van der Waals surface area contributed by atoms with Crippen LogP contribution in [0.4, 0.5) is 0 Å². The van der Waals surface area contributed by atoms with Gasteiger partial charge in [-0.15, -0.1) is 0 Å². The van der Waals surface area contributed by atoms with Crippen LogP contribution in [0.5, 0.6) is 0 Å². The van der Waals surface area contributed by atoms with Gasteiger partial charge in [0.15, 0.2) is 6.10 Å². The van der Waals surface area contributed by atoms with Gasteiger partial charge in [0.25, 0.3) is 0 Å². The highest BCUT2D eigenvalue weighted by Gasteiger charge is 2.19. The second-order valence-corrected chi connectivity index (χ2v) is 22.0. The largest absolute Gasteiger partial charge is 0.462 e. The van der Waals surface area contributed by atoms with E-state index in [1.807, 2.05) is 0 Å². The molecule has 1 unspecified atom stereocenters. The summed E-state index contributed by atoms with van der Waals surface area (Å²) in [5.41, 5.74) is 0. The van der Waals surface area contributed by atoms with Crippen molar-refractivity contribution in [3.63, 3.8) is 0 Å². The number of allylic oxidation sites excluding steroid dienone is 8. The van der Waals surface area contributed by atoms with Crippen LogP contribution in [0.15, 0.2) is 48.6 Å². The third-order valence-electron chi connectivity index (χ3n) is 14.6. The Bertz CT molecular complexity index is 1280. The first-order chi connectivity index (χ1) is 36.5. The van der Waals surface area contributed by atoms with Gasteiger partial charge in [-0.25, -0.2) is 0 Å². The molecule has 0 N–H and O–H groups in total. The van der Waals surface area contributed by atoms with Crippen LogP contribution in [0.3, 0.4) is 0 Å². The molecule has 0 rings (SSSR count). The Morgan fingerprint density at radius 1 is 0.270 bits per heavy atom. The van der Waals surface area contributed by atoms with Crippen molar-refractivity contribution in [1.82, 2.24) is 0 Å². The molecule has 0 aromatic carbocycles. The number of rotatable bonds is 60. The topological polar surface area (TPSA) is 78.9 Å². The predicted molar refractivity (Wildman–Crippen MR) is 321 cm³/mol. The second-order valence-electron chi connectivity index (χ2n) is 22.0. The molecular formula is C68H124O6. The molecule has 432 valence electrons. The van der Waals surface area contributed by atoms with Gasteiger partial charge in [0.1, 0.15) is 13.2 Å². The number of unbranched alkanes of at least 4 members (excludes halogenated alkanes) is 41. The fraction of sp³-hybridized carbons (Fsp3) is 0.838. The number of esters is 3. The molecule has 0 aromatic rings. The average Bonchev–Trinajstić information content (AvgIpc) is 3.40. The maximum atomic E-state index is 12.9. The molecule has 74 heavy (non-hydrogen) atoms. The minimum atomic E-state index is -0.780. The molecule has 0 heterocycles. The predicted octanol–water partition coefficient (Wildman–Crippen LogP) is 22.2. The van der Waals surface area contributed by atoms with E-state index in [2.05, 4.69) is 69.4 Å². The quantitative estimate of drug-likeness (QED) is 0.0261. The highest BCUT2D eigenvalue weighted by molar-refractivity contribution is 5.71. The smallest absolute Gasteiger partial charge is 0.306 e. The summed E-state index contributed by atoms with van der Waals surface area (Å²) in [4.78, 5) is 38.3. The number of carbonyl (C=O) groups is 3. The van der Waals surface area contributed by atoms with E-state index in [0.717, 1.165) is 77.0 Å². The molecule has 0 aliphatic heterocycles. The van der Waals surface area contributed by atoms with Gasteiger partial charge in [-0.1, -0.05) is 294 Å². The van der Waals surface area contributed by atoms with Crippen molar-refractivity contribution in [3.05, 3.63) is 48.6 Å². The standard InChI is InChI=1S/C68H124O6/c1-4-7-10-13-16-19-22-25-28-31-33-34-36-37-40-43-46-49-52-55-58-61-67(70)73-64-65(63-72-66(69)60-57-54-51-48-45-42-39-30-27-24-21-18-15-12-9-6-3)74-68(71)62-59-56-53-50-47-44-41-38-35-32-29-26-23-20-17-14-11-8-5-2/h17,20,26,29,31,33,35,38,65H,4-16,18-19,21-25,27-28,30,32,34,36-37,39-64H2,1-3H3/b20-17-,29-26-,33-31-,38-35-. The molecule has 0 aromatic heterocycles. The summed E-state index contributed by atoms with van der Waals surface area (Å²) in [6.45, 7) is 6.66. The molecule has 0 radical (unpaired) electrons. The molecule has 0 saturated carbocycles. The minimum absolute atomic E-state index is 0.0754. The summed E-state index contributed by atoms with van der Waals surface area (Å²) in [7, 11) is 0. The molecule has 0 bridgehead atoms. The van der Waals surface area contributed by atoms with Gasteiger partial charge in [0.05, 0.1) is 0 Å². The lowest BCUT2D eigenvalue weighted by Crippen LogP contribution is -2.30. The van der Waals surface area contributed by atoms with Crippen LogP contribution < -0.4 is 0 Å². The zero-order valence-electron chi connectivity index (χ0n) is 49.6. The van der Waals surface area contributed by atoms with Gasteiger partial charge in [-0.2, -0.15) is 0 Å². The van der Waals surface area contributed by atoms with E-state index in [-0.39, 0.29) is 31.1 Å². The van der Waals surface area contributed by atoms with E-state index in [1.54, 1.807) is 0 Å². The van der Waals surface area contributed by atoms with Gasteiger partial charge >= 0.3 is 17.9 Å². The summed E-state index contributed by atoms with van der Waals surface area (Å²) < 4.78 is 17.0. The molecule has 0 amide bonds. The second kappa shape index (κ2) is 62.9. The average molecular weight is 1040 g/mol. The molecule has 0 saturated heterocycles. The van der Waals surface area contributed by atoms with Crippen molar-refractivity contribution >= 4 is 17.9 Å². The Kier molecular flexibility index (Phi) is 60.7. The molecule has 0 spiro atoms. The summed E-state index contributed by atoms with van der Waals surface area (Å²) in [6.07, 6.45) is 78.2. The summed E-state index contributed by atoms with van der Waals surface area (Å²) in [5, 5.41) is 0. The highest BCUT2D eigenvalue weighted by Crippen LogP contribution is 2.17. The van der Waals surface area contributed by atoms with Crippen LogP contribution in [0, 0.1) is 0 Å². The minimum Gasteiger partial charge on any atom is -0.462 e. The Balaban J connectivity index is 4.35. The Morgan fingerprint density at radius 3 is 0.797 bits per heavy atom. The molecular weight excluding hydrogens is 913 g/mol. The van der Waals surface area contributed by atoms with Gasteiger partial charge in [0.2, 0.25) is 0 Å². The van der Waals surface area contributed by atoms with Crippen LogP contribution in [-0.4, -0.2) is 37.2 Å². The van der Waals surface area contributed by atoms with Gasteiger partial charge in [0, 0.05) is 19.3 Å². The number of ether oxygens (including phenoxy) is 3. The fourth-order valence-corrected chi connectivity index (χ4v) is 9.62. The first-order valence-corrected chi connectivity index (χ1v) is 32.6. The Hall–Kier alpha value is -2.63. The lowest BCUT2D eigenvalue weighted by molar-refractivity contribution is -0.167. The zero-order chi connectivity index (χ0) is 53.6. The first kappa shape index (κ1) is 71.4. The number of hydrogen-bond acceptors (Lipinski definition) is 6. The van der Waals surface area contributed by atoms with Crippen molar-refractivity contribution in [2.45, 2.75) is 354 Å². The molecule has 6 heteroatoms. The number of carbonyl (C=O) groups excluding carboxylic acids is 3.